The van der Waals surface area contributed by atoms with Gasteiger partial charge in [-0.1, -0.05) is 20.3 Å². The lowest BCUT2D eigenvalue weighted by Gasteiger charge is -2.06. The van der Waals surface area contributed by atoms with Gasteiger partial charge < -0.3 is 5.73 Å². The number of hydrogen-bond donors (Lipinski definition) is 1. The van der Waals surface area contributed by atoms with Gasteiger partial charge in [-0.05, 0) is 18.1 Å². The number of aromatic nitrogens is 1. The number of anilines is 1. The monoisotopic (exact) mass is 192 g/mol. The summed E-state index contributed by atoms with van der Waals surface area (Å²) in [7, 11) is 0. The molecule has 0 aromatic carbocycles. The van der Waals surface area contributed by atoms with Crippen LogP contribution in [0.2, 0.25) is 0 Å². The predicted octanol–water partition coefficient (Wildman–Crippen LogP) is 2.28. The predicted molar refractivity (Wildman–Crippen MR) is 57.1 cm³/mol. The summed E-state index contributed by atoms with van der Waals surface area (Å²) in [6.45, 7) is 4.14. The molecule has 76 valence electrons. The van der Waals surface area contributed by atoms with Crippen molar-refractivity contribution in [2.24, 2.45) is 5.92 Å². The fourth-order valence-electron chi connectivity index (χ4n) is 1.14. The molecule has 1 aromatic heterocycles. The number of carbonyl (C=O) groups is 1. The summed E-state index contributed by atoms with van der Waals surface area (Å²) in [4.78, 5) is 15.6. The minimum atomic E-state index is 0.0966. The first kappa shape index (κ1) is 10.7. The highest BCUT2D eigenvalue weighted by atomic mass is 16.1. The fourth-order valence-corrected chi connectivity index (χ4v) is 1.14. The van der Waals surface area contributed by atoms with E-state index in [2.05, 4.69) is 18.8 Å². The van der Waals surface area contributed by atoms with Crippen LogP contribution in [0.15, 0.2) is 18.3 Å². The summed E-state index contributed by atoms with van der Waals surface area (Å²) in [5, 5.41) is 0. The van der Waals surface area contributed by atoms with Crippen molar-refractivity contribution in [3.63, 3.8) is 0 Å². The van der Waals surface area contributed by atoms with Gasteiger partial charge in [-0.3, -0.25) is 9.78 Å². The molecule has 1 aromatic rings. The number of Topliss-reactive ketones (excluding diaryl/α,β-unsaturated/α-hetero) is 1. The molecular formula is C11H16N2O. The Labute approximate surface area is 84.3 Å². The molecule has 0 aliphatic heterocycles. The van der Waals surface area contributed by atoms with Crippen molar-refractivity contribution >= 4 is 11.5 Å². The van der Waals surface area contributed by atoms with Crippen molar-refractivity contribution in [1.82, 2.24) is 4.98 Å². The molecule has 3 heteroatoms. The summed E-state index contributed by atoms with van der Waals surface area (Å²) < 4.78 is 0. The Bertz CT molecular complexity index is 306. The molecular weight excluding hydrogens is 176 g/mol. The molecule has 14 heavy (non-hydrogen) atoms. The van der Waals surface area contributed by atoms with Crippen molar-refractivity contribution in [3.8, 4) is 0 Å². The van der Waals surface area contributed by atoms with Crippen LogP contribution in [-0.2, 0) is 0 Å². The van der Waals surface area contributed by atoms with E-state index in [1.165, 1.54) is 6.20 Å². The van der Waals surface area contributed by atoms with E-state index in [0.717, 1.165) is 6.42 Å². The fraction of sp³-hybridized carbons (Fsp3) is 0.455. The summed E-state index contributed by atoms with van der Waals surface area (Å²) in [6, 6.07) is 3.39. The number of hydrogen-bond acceptors (Lipinski definition) is 3. The Morgan fingerprint density at radius 3 is 2.79 bits per heavy atom. The van der Waals surface area contributed by atoms with Gasteiger partial charge in [-0.2, -0.15) is 0 Å². The molecule has 1 rings (SSSR count). The highest BCUT2D eigenvalue weighted by molar-refractivity contribution is 5.94. The van der Waals surface area contributed by atoms with Crippen molar-refractivity contribution in [1.29, 1.82) is 0 Å². The standard InChI is InChI=1S/C11H16N2O/c1-3-8(2)6-11(14)10-5-4-9(12)7-13-10/h4-5,7-8H,3,6,12H2,1-2H3. The minimum absolute atomic E-state index is 0.0966. The van der Waals surface area contributed by atoms with E-state index in [1.54, 1.807) is 12.1 Å². The number of nitrogens with zero attached hydrogens (tertiary/aromatic N) is 1. The Balaban J connectivity index is 2.65. The summed E-state index contributed by atoms with van der Waals surface area (Å²) >= 11 is 0. The SMILES string of the molecule is CCC(C)CC(=O)c1ccc(N)cn1. The van der Waals surface area contributed by atoms with E-state index in [0.29, 0.717) is 23.7 Å². The maximum Gasteiger partial charge on any atom is 0.181 e. The van der Waals surface area contributed by atoms with E-state index >= 15 is 0 Å². The van der Waals surface area contributed by atoms with E-state index < -0.39 is 0 Å². The van der Waals surface area contributed by atoms with E-state index in [1.807, 2.05) is 0 Å². The Morgan fingerprint density at radius 2 is 2.29 bits per heavy atom. The van der Waals surface area contributed by atoms with E-state index in [9.17, 15) is 4.79 Å². The van der Waals surface area contributed by atoms with Crippen LogP contribution < -0.4 is 5.73 Å². The molecule has 0 bridgehead atoms. The van der Waals surface area contributed by atoms with Crippen molar-refractivity contribution in [2.45, 2.75) is 26.7 Å². The number of ketones is 1. The Morgan fingerprint density at radius 1 is 1.57 bits per heavy atom. The molecule has 0 fully saturated rings. The van der Waals surface area contributed by atoms with Crippen LogP contribution in [-0.4, -0.2) is 10.8 Å². The summed E-state index contributed by atoms with van der Waals surface area (Å²) in [6.07, 6.45) is 3.10. The van der Waals surface area contributed by atoms with Gasteiger partial charge in [0.05, 0.1) is 11.9 Å². The van der Waals surface area contributed by atoms with E-state index in [4.69, 9.17) is 5.73 Å². The number of pyridine rings is 1. The lowest BCUT2D eigenvalue weighted by atomic mass is 10.0. The third-order valence-corrected chi connectivity index (χ3v) is 2.30. The number of rotatable bonds is 4. The number of carbonyl (C=O) groups excluding carboxylic acids is 1. The van der Waals surface area contributed by atoms with Crippen molar-refractivity contribution in [3.05, 3.63) is 24.0 Å². The highest BCUT2D eigenvalue weighted by Crippen LogP contribution is 2.11. The second-order valence-corrected chi connectivity index (χ2v) is 3.62. The maximum absolute atomic E-state index is 11.6. The molecule has 1 heterocycles. The van der Waals surface area contributed by atoms with Gasteiger partial charge in [0.25, 0.3) is 0 Å². The van der Waals surface area contributed by atoms with Gasteiger partial charge in [0.1, 0.15) is 5.69 Å². The summed E-state index contributed by atoms with van der Waals surface area (Å²) in [5.74, 6) is 0.515. The van der Waals surface area contributed by atoms with Crippen LogP contribution >= 0.6 is 0 Å². The third kappa shape index (κ3) is 2.83. The molecule has 0 spiro atoms. The molecule has 0 aliphatic carbocycles. The minimum Gasteiger partial charge on any atom is -0.397 e. The van der Waals surface area contributed by atoms with Crippen LogP contribution in [0.5, 0.6) is 0 Å². The normalized spacial score (nSPS) is 12.4. The van der Waals surface area contributed by atoms with E-state index in [-0.39, 0.29) is 5.78 Å². The zero-order valence-corrected chi connectivity index (χ0v) is 8.66. The average Bonchev–Trinajstić information content (AvgIpc) is 2.18. The lowest BCUT2D eigenvalue weighted by molar-refractivity contribution is 0.0959. The second kappa shape index (κ2) is 4.74. The van der Waals surface area contributed by atoms with Gasteiger partial charge in [0.15, 0.2) is 5.78 Å². The average molecular weight is 192 g/mol. The van der Waals surface area contributed by atoms with Gasteiger partial charge in [0, 0.05) is 6.42 Å². The summed E-state index contributed by atoms with van der Waals surface area (Å²) in [5.41, 5.74) is 6.58. The molecule has 0 radical (unpaired) electrons. The maximum atomic E-state index is 11.6. The Hall–Kier alpha value is -1.38. The largest absolute Gasteiger partial charge is 0.397 e. The number of nitrogen functional groups attached to an aromatic ring is 1. The zero-order chi connectivity index (χ0) is 10.6. The quantitative estimate of drug-likeness (QED) is 0.744. The van der Waals surface area contributed by atoms with Gasteiger partial charge in [-0.25, -0.2) is 0 Å². The van der Waals surface area contributed by atoms with Crippen LogP contribution in [0.3, 0.4) is 0 Å². The topological polar surface area (TPSA) is 56.0 Å². The van der Waals surface area contributed by atoms with Gasteiger partial charge in [-0.15, -0.1) is 0 Å². The van der Waals surface area contributed by atoms with Crippen LogP contribution in [0.25, 0.3) is 0 Å². The number of nitrogens with two attached hydrogens (primary N) is 1. The highest BCUT2D eigenvalue weighted by Gasteiger charge is 2.10. The molecule has 3 nitrogen and oxygen atoms in total. The molecule has 0 amide bonds. The third-order valence-electron chi connectivity index (χ3n) is 2.30. The molecule has 0 saturated carbocycles. The first-order chi connectivity index (χ1) is 6.63. The molecule has 0 saturated heterocycles. The molecule has 1 atom stereocenters. The van der Waals surface area contributed by atoms with Crippen LogP contribution in [0.1, 0.15) is 37.2 Å². The first-order valence-electron chi connectivity index (χ1n) is 4.88. The molecule has 1 unspecified atom stereocenters. The molecule has 0 aliphatic rings. The van der Waals surface area contributed by atoms with Crippen LogP contribution in [0.4, 0.5) is 5.69 Å². The lowest BCUT2D eigenvalue weighted by Crippen LogP contribution is -2.07. The van der Waals surface area contributed by atoms with Crippen molar-refractivity contribution < 1.29 is 4.79 Å². The smallest absolute Gasteiger partial charge is 0.181 e. The zero-order valence-electron chi connectivity index (χ0n) is 8.66. The van der Waals surface area contributed by atoms with Crippen molar-refractivity contribution in [2.75, 3.05) is 5.73 Å². The van der Waals surface area contributed by atoms with Crippen LogP contribution in [0, 0.1) is 5.92 Å². The Kier molecular flexibility index (Phi) is 3.63. The second-order valence-electron chi connectivity index (χ2n) is 3.62. The van der Waals surface area contributed by atoms with Gasteiger partial charge >= 0.3 is 0 Å². The molecule has 2 N–H and O–H groups in total. The van der Waals surface area contributed by atoms with Gasteiger partial charge in [0.2, 0.25) is 0 Å². The first-order valence-corrected chi connectivity index (χ1v) is 4.88.